The highest BCUT2D eigenvalue weighted by Crippen LogP contribution is 2.19. The lowest BCUT2D eigenvalue weighted by Gasteiger charge is -2.13. The molecule has 1 amide bonds. The Bertz CT molecular complexity index is 788. The van der Waals surface area contributed by atoms with Crippen molar-refractivity contribution in [1.82, 2.24) is 20.1 Å². The standard InChI is InChI=1S/C16H16N4O/c1-11(13-9-18-20(2)10-13)19-16(21)15-5-3-4-12-8-17-7-6-14(12)15/h3-11H,1-2H3,(H,19,21)/t11-/m0/s1. The molecule has 0 saturated carbocycles. The van der Waals surface area contributed by atoms with E-state index in [1.54, 1.807) is 23.3 Å². The average Bonchev–Trinajstić information content (AvgIpc) is 2.93. The molecule has 1 atom stereocenters. The van der Waals surface area contributed by atoms with E-state index in [1.165, 1.54) is 0 Å². The highest BCUT2D eigenvalue weighted by Gasteiger charge is 2.14. The van der Waals surface area contributed by atoms with Gasteiger partial charge in [-0.3, -0.25) is 14.5 Å². The molecule has 3 aromatic rings. The van der Waals surface area contributed by atoms with Crippen LogP contribution in [-0.4, -0.2) is 20.7 Å². The van der Waals surface area contributed by atoms with E-state index in [9.17, 15) is 4.79 Å². The summed E-state index contributed by atoms with van der Waals surface area (Å²) in [6.45, 7) is 1.95. The quantitative estimate of drug-likeness (QED) is 0.801. The fourth-order valence-corrected chi connectivity index (χ4v) is 2.34. The SMILES string of the molecule is C[C@H](NC(=O)c1cccc2cnccc12)c1cnn(C)c1. The first kappa shape index (κ1) is 13.3. The number of nitrogens with one attached hydrogen (secondary N) is 1. The van der Waals surface area contributed by atoms with Gasteiger partial charge in [0.05, 0.1) is 12.2 Å². The summed E-state index contributed by atoms with van der Waals surface area (Å²) < 4.78 is 1.72. The number of pyridine rings is 1. The van der Waals surface area contributed by atoms with E-state index in [1.807, 2.05) is 44.4 Å². The van der Waals surface area contributed by atoms with Crippen molar-refractivity contribution in [1.29, 1.82) is 0 Å². The Morgan fingerprint density at radius 1 is 1.29 bits per heavy atom. The maximum Gasteiger partial charge on any atom is 0.252 e. The lowest BCUT2D eigenvalue weighted by molar-refractivity contribution is 0.0941. The molecule has 5 heteroatoms. The molecule has 2 aromatic heterocycles. The topological polar surface area (TPSA) is 59.8 Å². The predicted molar refractivity (Wildman–Crippen MR) is 80.8 cm³/mol. The lowest BCUT2D eigenvalue weighted by Crippen LogP contribution is -2.26. The summed E-state index contributed by atoms with van der Waals surface area (Å²) in [4.78, 5) is 16.6. The van der Waals surface area contributed by atoms with Gasteiger partial charge < -0.3 is 5.32 Å². The van der Waals surface area contributed by atoms with Crippen molar-refractivity contribution in [3.8, 4) is 0 Å². The second kappa shape index (κ2) is 5.36. The Morgan fingerprint density at radius 2 is 2.14 bits per heavy atom. The minimum atomic E-state index is -0.0943. The monoisotopic (exact) mass is 280 g/mol. The first-order chi connectivity index (χ1) is 10.1. The summed E-state index contributed by atoms with van der Waals surface area (Å²) in [6.07, 6.45) is 7.12. The van der Waals surface area contributed by atoms with Crippen LogP contribution in [0.15, 0.2) is 49.1 Å². The largest absolute Gasteiger partial charge is 0.345 e. The zero-order chi connectivity index (χ0) is 14.8. The van der Waals surface area contributed by atoms with Crippen LogP contribution in [0.4, 0.5) is 0 Å². The lowest BCUT2D eigenvalue weighted by atomic mass is 10.1. The number of carbonyl (C=O) groups is 1. The van der Waals surface area contributed by atoms with E-state index in [-0.39, 0.29) is 11.9 Å². The van der Waals surface area contributed by atoms with Gasteiger partial charge in [-0.25, -0.2) is 0 Å². The van der Waals surface area contributed by atoms with Crippen molar-refractivity contribution in [2.75, 3.05) is 0 Å². The fourth-order valence-electron chi connectivity index (χ4n) is 2.34. The zero-order valence-corrected chi connectivity index (χ0v) is 11.9. The number of amides is 1. The van der Waals surface area contributed by atoms with Crippen LogP contribution in [0.5, 0.6) is 0 Å². The molecular weight excluding hydrogens is 264 g/mol. The molecule has 1 aromatic carbocycles. The van der Waals surface area contributed by atoms with Gasteiger partial charge in [-0.1, -0.05) is 12.1 Å². The maximum atomic E-state index is 12.5. The first-order valence-electron chi connectivity index (χ1n) is 6.77. The summed E-state index contributed by atoms with van der Waals surface area (Å²) in [6, 6.07) is 7.41. The fraction of sp³-hybridized carbons (Fsp3) is 0.188. The van der Waals surface area contributed by atoms with E-state index in [0.29, 0.717) is 5.56 Å². The number of nitrogens with zero attached hydrogens (tertiary/aromatic N) is 3. The second-order valence-electron chi connectivity index (χ2n) is 5.04. The highest BCUT2D eigenvalue weighted by molar-refractivity contribution is 6.06. The van der Waals surface area contributed by atoms with Crippen LogP contribution in [0.25, 0.3) is 10.8 Å². The van der Waals surface area contributed by atoms with Crippen LogP contribution in [0.1, 0.15) is 28.9 Å². The third-order valence-electron chi connectivity index (χ3n) is 3.50. The summed E-state index contributed by atoms with van der Waals surface area (Å²) in [5.41, 5.74) is 1.64. The molecule has 21 heavy (non-hydrogen) atoms. The van der Waals surface area contributed by atoms with Crippen molar-refractivity contribution < 1.29 is 4.79 Å². The molecule has 0 spiro atoms. The molecule has 3 rings (SSSR count). The molecule has 0 radical (unpaired) electrons. The van der Waals surface area contributed by atoms with Gasteiger partial charge in [-0.05, 0) is 24.4 Å². The number of aromatic nitrogens is 3. The van der Waals surface area contributed by atoms with Crippen molar-refractivity contribution in [2.45, 2.75) is 13.0 Å². The molecule has 106 valence electrons. The van der Waals surface area contributed by atoms with Crippen LogP contribution in [0, 0.1) is 0 Å². The van der Waals surface area contributed by atoms with Crippen molar-refractivity contribution in [2.24, 2.45) is 7.05 Å². The van der Waals surface area contributed by atoms with E-state index in [2.05, 4.69) is 15.4 Å². The van der Waals surface area contributed by atoms with Gasteiger partial charge >= 0.3 is 0 Å². The number of aryl methyl sites for hydroxylation is 1. The molecule has 0 saturated heterocycles. The smallest absolute Gasteiger partial charge is 0.252 e. The van der Waals surface area contributed by atoms with E-state index >= 15 is 0 Å². The van der Waals surface area contributed by atoms with Gasteiger partial charge in [-0.2, -0.15) is 5.10 Å². The molecular formula is C16H16N4O. The molecule has 0 aliphatic heterocycles. The van der Waals surface area contributed by atoms with Crippen molar-refractivity contribution in [3.63, 3.8) is 0 Å². The van der Waals surface area contributed by atoms with Gasteiger partial charge in [-0.15, -0.1) is 0 Å². The molecule has 5 nitrogen and oxygen atoms in total. The molecule has 0 fully saturated rings. The summed E-state index contributed by atoms with van der Waals surface area (Å²) in [5.74, 6) is -0.0943. The van der Waals surface area contributed by atoms with Crippen LogP contribution in [0.3, 0.4) is 0 Å². The molecule has 0 aliphatic carbocycles. The Balaban J connectivity index is 1.87. The molecule has 0 bridgehead atoms. The Kier molecular flexibility index (Phi) is 3.39. The minimum Gasteiger partial charge on any atom is -0.345 e. The van der Waals surface area contributed by atoms with Crippen LogP contribution >= 0.6 is 0 Å². The molecule has 2 heterocycles. The first-order valence-corrected chi connectivity index (χ1v) is 6.77. The zero-order valence-electron chi connectivity index (χ0n) is 11.9. The van der Waals surface area contributed by atoms with E-state index in [0.717, 1.165) is 16.3 Å². The maximum absolute atomic E-state index is 12.5. The van der Waals surface area contributed by atoms with E-state index in [4.69, 9.17) is 0 Å². The van der Waals surface area contributed by atoms with Crippen molar-refractivity contribution >= 4 is 16.7 Å². The molecule has 0 aliphatic rings. The highest BCUT2D eigenvalue weighted by atomic mass is 16.1. The Morgan fingerprint density at radius 3 is 2.90 bits per heavy atom. The van der Waals surface area contributed by atoms with E-state index < -0.39 is 0 Å². The van der Waals surface area contributed by atoms with Crippen molar-refractivity contribution in [3.05, 3.63) is 60.2 Å². The van der Waals surface area contributed by atoms with Gasteiger partial charge in [0.1, 0.15) is 0 Å². The minimum absolute atomic E-state index is 0.0942. The number of fused-ring (bicyclic) bond motifs is 1. The second-order valence-corrected chi connectivity index (χ2v) is 5.04. The number of hydrogen-bond donors (Lipinski definition) is 1. The predicted octanol–water partition coefficient (Wildman–Crippen LogP) is 2.46. The third-order valence-corrected chi connectivity index (χ3v) is 3.50. The number of hydrogen-bond acceptors (Lipinski definition) is 3. The van der Waals surface area contributed by atoms with Crippen LogP contribution < -0.4 is 5.32 Å². The van der Waals surface area contributed by atoms with Crippen LogP contribution in [0.2, 0.25) is 0 Å². The summed E-state index contributed by atoms with van der Waals surface area (Å²) in [7, 11) is 1.86. The number of carbonyl (C=O) groups excluding carboxylic acids is 1. The third kappa shape index (κ3) is 2.63. The average molecular weight is 280 g/mol. The summed E-state index contributed by atoms with van der Waals surface area (Å²) in [5, 5.41) is 8.99. The number of rotatable bonds is 3. The molecule has 0 unspecified atom stereocenters. The Hall–Kier alpha value is -2.69. The Labute approximate surface area is 122 Å². The van der Waals surface area contributed by atoms with Gasteiger partial charge in [0.2, 0.25) is 0 Å². The van der Waals surface area contributed by atoms with Gasteiger partial charge in [0.25, 0.3) is 5.91 Å². The van der Waals surface area contributed by atoms with Gasteiger partial charge in [0, 0.05) is 42.2 Å². The van der Waals surface area contributed by atoms with Gasteiger partial charge in [0.15, 0.2) is 0 Å². The number of benzene rings is 1. The van der Waals surface area contributed by atoms with Crippen LogP contribution in [-0.2, 0) is 7.05 Å². The normalized spacial score (nSPS) is 12.3. The summed E-state index contributed by atoms with van der Waals surface area (Å²) >= 11 is 0. The molecule has 1 N–H and O–H groups in total.